The van der Waals surface area contributed by atoms with Crippen LogP contribution < -0.4 is 10.1 Å². The summed E-state index contributed by atoms with van der Waals surface area (Å²) < 4.78 is 5.75. The predicted molar refractivity (Wildman–Crippen MR) is 98.3 cm³/mol. The molecule has 2 aromatic rings. The van der Waals surface area contributed by atoms with Crippen LogP contribution >= 0.6 is 0 Å². The molecular weight excluding hydrogens is 314 g/mol. The number of ether oxygens (including phenoxy) is 1. The van der Waals surface area contributed by atoms with Gasteiger partial charge in [-0.2, -0.15) is 5.26 Å². The predicted octanol–water partition coefficient (Wildman–Crippen LogP) is 4.39. The van der Waals surface area contributed by atoms with Crippen LogP contribution in [-0.4, -0.2) is 17.5 Å². The van der Waals surface area contributed by atoms with E-state index in [0.717, 1.165) is 24.0 Å². The van der Waals surface area contributed by atoms with Gasteiger partial charge < -0.3 is 10.1 Å². The van der Waals surface area contributed by atoms with Crippen molar-refractivity contribution in [3.8, 4) is 22.9 Å². The molecule has 5 nitrogen and oxygen atoms in total. The lowest BCUT2D eigenvalue weighted by Gasteiger charge is -2.11. The third-order valence-corrected chi connectivity index (χ3v) is 3.68. The summed E-state index contributed by atoms with van der Waals surface area (Å²) >= 11 is 0. The number of hydrogen-bond donors (Lipinski definition) is 1. The average Bonchev–Trinajstić information content (AvgIpc) is 2.58. The number of aromatic nitrogens is 1. The van der Waals surface area contributed by atoms with E-state index in [1.54, 1.807) is 18.3 Å². The van der Waals surface area contributed by atoms with E-state index in [9.17, 15) is 10.1 Å². The second-order valence-corrected chi connectivity index (χ2v) is 6.32. The Kier molecular flexibility index (Phi) is 6.53. The summed E-state index contributed by atoms with van der Waals surface area (Å²) in [5.74, 6) is 1.56. The summed E-state index contributed by atoms with van der Waals surface area (Å²) in [4.78, 5) is 15.3. The van der Waals surface area contributed by atoms with Gasteiger partial charge in [0.1, 0.15) is 17.6 Å². The third-order valence-electron chi connectivity index (χ3n) is 3.68. The van der Waals surface area contributed by atoms with Crippen LogP contribution in [0, 0.1) is 17.2 Å². The number of carbonyl (C=O) groups is 1. The monoisotopic (exact) mass is 337 g/mol. The van der Waals surface area contributed by atoms with Crippen molar-refractivity contribution in [3.05, 3.63) is 42.1 Å². The number of nitrogens with zero attached hydrogens (tertiary/aromatic N) is 2. The van der Waals surface area contributed by atoms with E-state index in [-0.39, 0.29) is 5.91 Å². The van der Waals surface area contributed by atoms with E-state index in [2.05, 4.69) is 30.2 Å². The number of amides is 1. The summed E-state index contributed by atoms with van der Waals surface area (Å²) in [5.41, 5.74) is 2.25. The van der Waals surface area contributed by atoms with Crippen LogP contribution in [0.4, 0.5) is 5.82 Å². The highest BCUT2D eigenvalue weighted by Crippen LogP contribution is 2.27. The van der Waals surface area contributed by atoms with Gasteiger partial charge in [0.15, 0.2) is 0 Å². The molecule has 1 aromatic heterocycles. The summed E-state index contributed by atoms with van der Waals surface area (Å²) in [6, 6.07) is 11.3. The molecule has 0 radical (unpaired) electrons. The fourth-order valence-electron chi connectivity index (χ4n) is 2.46. The largest absolute Gasteiger partial charge is 0.492 e. The number of carbonyl (C=O) groups excluding carboxylic acids is 1. The fraction of sp³-hybridized carbons (Fsp3) is 0.350. The van der Waals surface area contributed by atoms with Gasteiger partial charge in [-0.05, 0) is 54.2 Å². The summed E-state index contributed by atoms with van der Waals surface area (Å²) in [6.07, 6.45) is 3.70. The fourth-order valence-corrected chi connectivity index (χ4v) is 2.46. The van der Waals surface area contributed by atoms with Gasteiger partial charge in [0.25, 0.3) is 0 Å². The Morgan fingerprint density at radius 1 is 1.28 bits per heavy atom. The topological polar surface area (TPSA) is 75.0 Å². The maximum atomic E-state index is 11.2. The highest BCUT2D eigenvalue weighted by molar-refractivity contribution is 5.88. The Morgan fingerprint density at radius 3 is 2.72 bits per heavy atom. The molecule has 0 aliphatic heterocycles. The van der Waals surface area contributed by atoms with E-state index in [4.69, 9.17) is 4.74 Å². The van der Waals surface area contributed by atoms with Crippen LogP contribution in [0.15, 0.2) is 36.5 Å². The molecule has 0 unspecified atom stereocenters. The van der Waals surface area contributed by atoms with Crippen molar-refractivity contribution in [3.63, 3.8) is 0 Å². The van der Waals surface area contributed by atoms with Gasteiger partial charge in [0.05, 0.1) is 12.2 Å². The molecular formula is C20H23N3O2. The molecule has 5 heteroatoms. The molecule has 0 aliphatic rings. The summed E-state index contributed by atoms with van der Waals surface area (Å²) in [5, 5.41) is 12.1. The lowest BCUT2D eigenvalue weighted by molar-refractivity contribution is -0.114. The molecule has 1 heterocycles. The van der Waals surface area contributed by atoms with E-state index in [1.807, 2.05) is 18.2 Å². The Morgan fingerprint density at radius 2 is 2.04 bits per heavy atom. The first-order valence-electron chi connectivity index (χ1n) is 8.40. The van der Waals surface area contributed by atoms with E-state index in [1.165, 1.54) is 6.92 Å². The smallest absolute Gasteiger partial charge is 0.222 e. The maximum Gasteiger partial charge on any atom is 0.222 e. The highest BCUT2D eigenvalue weighted by atomic mass is 16.5. The van der Waals surface area contributed by atoms with E-state index in [0.29, 0.717) is 29.7 Å². The molecule has 25 heavy (non-hydrogen) atoms. The van der Waals surface area contributed by atoms with Crippen LogP contribution in [0.1, 0.15) is 39.2 Å². The number of nitriles is 1. The Hall–Kier alpha value is -2.87. The van der Waals surface area contributed by atoms with Gasteiger partial charge in [0.2, 0.25) is 5.91 Å². The molecule has 0 spiro atoms. The quantitative estimate of drug-likeness (QED) is 0.760. The van der Waals surface area contributed by atoms with E-state index >= 15 is 0 Å². The van der Waals surface area contributed by atoms with Gasteiger partial charge in [-0.1, -0.05) is 19.9 Å². The average molecular weight is 337 g/mol. The second-order valence-electron chi connectivity index (χ2n) is 6.32. The van der Waals surface area contributed by atoms with Crippen molar-refractivity contribution in [2.24, 2.45) is 5.92 Å². The number of hydrogen-bond acceptors (Lipinski definition) is 4. The van der Waals surface area contributed by atoms with Crippen LogP contribution in [0.5, 0.6) is 5.75 Å². The Labute approximate surface area is 148 Å². The minimum absolute atomic E-state index is 0.174. The maximum absolute atomic E-state index is 11.2. The summed E-state index contributed by atoms with van der Waals surface area (Å²) in [7, 11) is 0. The lowest BCUT2D eigenvalue weighted by atomic mass is 10.0. The van der Waals surface area contributed by atoms with E-state index < -0.39 is 0 Å². The number of rotatable bonds is 7. The standard InChI is InChI=1S/C20H23N3O2/c1-14(2)5-4-10-25-19-7-6-16(11-18(19)13-21)17-8-9-22-20(12-17)23-15(3)24/h6-9,11-12,14H,4-5,10H2,1-3H3,(H,22,23,24). The van der Waals surface area contributed by atoms with Crippen molar-refractivity contribution in [2.75, 3.05) is 11.9 Å². The Balaban J connectivity index is 2.15. The lowest BCUT2D eigenvalue weighted by Crippen LogP contribution is -2.07. The highest BCUT2D eigenvalue weighted by Gasteiger charge is 2.08. The number of pyridine rings is 1. The van der Waals surface area contributed by atoms with Gasteiger partial charge in [-0.3, -0.25) is 4.79 Å². The van der Waals surface area contributed by atoms with Crippen LogP contribution in [0.3, 0.4) is 0 Å². The summed E-state index contributed by atoms with van der Waals surface area (Å²) in [6.45, 7) is 6.40. The van der Waals surface area contributed by atoms with Crippen molar-refractivity contribution < 1.29 is 9.53 Å². The first kappa shape index (κ1) is 18.5. The molecule has 0 fully saturated rings. The molecule has 0 bridgehead atoms. The molecule has 0 atom stereocenters. The zero-order valence-electron chi connectivity index (χ0n) is 14.9. The molecule has 1 amide bonds. The minimum Gasteiger partial charge on any atom is -0.492 e. The minimum atomic E-state index is -0.174. The number of nitrogens with one attached hydrogen (secondary N) is 1. The van der Waals surface area contributed by atoms with Crippen LogP contribution in [0.2, 0.25) is 0 Å². The van der Waals surface area contributed by atoms with Crippen molar-refractivity contribution in [1.29, 1.82) is 5.26 Å². The first-order valence-corrected chi connectivity index (χ1v) is 8.40. The number of anilines is 1. The van der Waals surface area contributed by atoms with Crippen molar-refractivity contribution in [2.45, 2.75) is 33.6 Å². The first-order chi connectivity index (χ1) is 12.0. The zero-order chi connectivity index (χ0) is 18.2. The molecule has 1 N–H and O–H groups in total. The SMILES string of the molecule is CC(=O)Nc1cc(-c2ccc(OCCCC(C)C)c(C#N)c2)ccn1. The molecule has 0 saturated carbocycles. The van der Waals surface area contributed by atoms with Gasteiger partial charge in [-0.25, -0.2) is 4.98 Å². The van der Waals surface area contributed by atoms with Crippen molar-refractivity contribution >= 4 is 11.7 Å². The zero-order valence-corrected chi connectivity index (χ0v) is 14.9. The molecule has 2 rings (SSSR count). The van der Waals surface area contributed by atoms with Gasteiger partial charge in [-0.15, -0.1) is 0 Å². The molecule has 130 valence electrons. The number of benzene rings is 1. The van der Waals surface area contributed by atoms with Gasteiger partial charge >= 0.3 is 0 Å². The van der Waals surface area contributed by atoms with Crippen molar-refractivity contribution in [1.82, 2.24) is 4.98 Å². The molecule has 0 saturated heterocycles. The molecule has 1 aromatic carbocycles. The van der Waals surface area contributed by atoms with Crippen LogP contribution in [-0.2, 0) is 4.79 Å². The Bertz CT molecular complexity index is 779. The van der Waals surface area contributed by atoms with Crippen LogP contribution in [0.25, 0.3) is 11.1 Å². The molecule has 0 aliphatic carbocycles. The van der Waals surface area contributed by atoms with Gasteiger partial charge in [0, 0.05) is 13.1 Å². The normalized spacial score (nSPS) is 10.4. The second kappa shape index (κ2) is 8.84. The third kappa shape index (κ3) is 5.61.